The third kappa shape index (κ3) is 3.67. The lowest BCUT2D eigenvalue weighted by Gasteiger charge is -2.14. The molecule has 0 bridgehead atoms. The van der Waals surface area contributed by atoms with Gasteiger partial charge in [0.1, 0.15) is 22.8 Å². The van der Waals surface area contributed by atoms with Crippen LogP contribution in [0.3, 0.4) is 0 Å². The summed E-state index contributed by atoms with van der Waals surface area (Å²) in [6.45, 7) is 3.78. The van der Waals surface area contributed by atoms with Crippen molar-refractivity contribution in [1.82, 2.24) is 5.32 Å². The number of ether oxygens (including phenoxy) is 2. The third-order valence-corrected chi connectivity index (χ3v) is 4.35. The number of rotatable bonds is 6. The number of amides is 1. The van der Waals surface area contributed by atoms with Crippen LogP contribution < -0.4 is 14.8 Å². The molecule has 0 fully saturated rings. The van der Waals surface area contributed by atoms with Crippen LogP contribution in [0.4, 0.5) is 0 Å². The maximum atomic E-state index is 12.8. The highest BCUT2D eigenvalue weighted by Crippen LogP contribution is 2.29. The smallest absolute Gasteiger partial charge is 0.255 e. The Morgan fingerprint density at radius 2 is 1.85 bits per heavy atom. The van der Waals surface area contributed by atoms with Crippen LogP contribution in [0.5, 0.6) is 11.5 Å². The summed E-state index contributed by atoms with van der Waals surface area (Å²) in [5.74, 6) is 1.95. The number of benzene rings is 2. The number of carbonyl (C=O) groups is 1. The molecule has 1 amide bonds. The zero-order chi connectivity index (χ0) is 18.7. The van der Waals surface area contributed by atoms with E-state index < -0.39 is 0 Å². The van der Waals surface area contributed by atoms with Gasteiger partial charge in [-0.15, -0.1) is 0 Å². The van der Waals surface area contributed by atoms with Gasteiger partial charge in [0.15, 0.2) is 0 Å². The molecule has 0 radical (unpaired) electrons. The molecular formula is C21H23NO4. The number of fused-ring (bicyclic) bond motifs is 1. The van der Waals surface area contributed by atoms with Crippen molar-refractivity contribution in [1.29, 1.82) is 0 Å². The van der Waals surface area contributed by atoms with E-state index in [-0.39, 0.29) is 11.9 Å². The van der Waals surface area contributed by atoms with Crippen LogP contribution in [0.15, 0.2) is 46.9 Å². The largest absolute Gasteiger partial charge is 0.497 e. The number of hydrogen-bond donors (Lipinski definition) is 1. The Hall–Kier alpha value is -2.95. The Morgan fingerprint density at radius 3 is 2.58 bits per heavy atom. The summed E-state index contributed by atoms with van der Waals surface area (Å²) in [4.78, 5) is 12.8. The van der Waals surface area contributed by atoms with Crippen molar-refractivity contribution in [3.63, 3.8) is 0 Å². The molecule has 3 rings (SSSR count). The highest BCUT2D eigenvalue weighted by Gasteiger charge is 2.20. The zero-order valence-electron chi connectivity index (χ0n) is 15.5. The average molecular weight is 353 g/mol. The van der Waals surface area contributed by atoms with Crippen molar-refractivity contribution < 1.29 is 18.7 Å². The second kappa shape index (κ2) is 7.52. The van der Waals surface area contributed by atoms with Gasteiger partial charge in [-0.25, -0.2) is 0 Å². The van der Waals surface area contributed by atoms with E-state index in [9.17, 15) is 4.79 Å². The quantitative estimate of drug-likeness (QED) is 0.724. The lowest BCUT2D eigenvalue weighted by Crippen LogP contribution is -2.34. The van der Waals surface area contributed by atoms with Crippen LogP contribution in [-0.2, 0) is 6.42 Å². The van der Waals surface area contributed by atoms with Crippen molar-refractivity contribution >= 4 is 16.9 Å². The number of carbonyl (C=O) groups excluding carboxylic acids is 1. The fourth-order valence-electron chi connectivity index (χ4n) is 3.11. The van der Waals surface area contributed by atoms with Gasteiger partial charge in [-0.3, -0.25) is 4.79 Å². The van der Waals surface area contributed by atoms with Crippen LogP contribution in [0, 0.1) is 6.92 Å². The minimum absolute atomic E-state index is 0.0374. The molecule has 0 saturated heterocycles. The molecule has 1 unspecified atom stereocenters. The molecule has 1 aromatic heterocycles. The molecule has 26 heavy (non-hydrogen) atoms. The second-order valence-electron chi connectivity index (χ2n) is 6.33. The van der Waals surface area contributed by atoms with Gasteiger partial charge < -0.3 is 19.2 Å². The van der Waals surface area contributed by atoms with Gasteiger partial charge in [0.2, 0.25) is 0 Å². The molecule has 1 heterocycles. The zero-order valence-corrected chi connectivity index (χ0v) is 15.5. The van der Waals surface area contributed by atoms with Crippen molar-refractivity contribution in [2.75, 3.05) is 14.2 Å². The molecule has 3 aromatic rings. The Kier molecular flexibility index (Phi) is 5.16. The Bertz CT molecular complexity index is 929. The van der Waals surface area contributed by atoms with Gasteiger partial charge in [0.25, 0.3) is 5.91 Å². The van der Waals surface area contributed by atoms with Gasteiger partial charge in [-0.05, 0) is 56.2 Å². The summed E-state index contributed by atoms with van der Waals surface area (Å²) in [5.41, 5.74) is 2.33. The molecule has 1 atom stereocenters. The third-order valence-electron chi connectivity index (χ3n) is 4.35. The first-order valence-corrected chi connectivity index (χ1v) is 8.52. The monoisotopic (exact) mass is 353 g/mol. The normalized spacial score (nSPS) is 12.0. The first-order valence-electron chi connectivity index (χ1n) is 8.52. The van der Waals surface area contributed by atoms with Crippen molar-refractivity contribution in [3.8, 4) is 11.5 Å². The van der Waals surface area contributed by atoms with E-state index in [4.69, 9.17) is 13.9 Å². The predicted molar refractivity (Wildman–Crippen MR) is 101 cm³/mol. The molecule has 0 aliphatic rings. The topological polar surface area (TPSA) is 60.7 Å². The van der Waals surface area contributed by atoms with Gasteiger partial charge in [0, 0.05) is 11.4 Å². The van der Waals surface area contributed by atoms with Crippen molar-refractivity contribution in [3.05, 3.63) is 59.4 Å². The van der Waals surface area contributed by atoms with Crippen molar-refractivity contribution in [2.45, 2.75) is 26.3 Å². The first-order chi connectivity index (χ1) is 12.5. The molecule has 0 aliphatic heterocycles. The fraction of sp³-hybridized carbons (Fsp3) is 0.286. The molecule has 0 saturated carbocycles. The van der Waals surface area contributed by atoms with Gasteiger partial charge in [-0.2, -0.15) is 0 Å². The fourth-order valence-corrected chi connectivity index (χ4v) is 3.11. The molecule has 136 valence electrons. The maximum Gasteiger partial charge on any atom is 0.255 e. The second-order valence-corrected chi connectivity index (χ2v) is 6.33. The molecule has 0 aliphatic carbocycles. The van der Waals surface area contributed by atoms with Crippen LogP contribution in [0.25, 0.3) is 11.0 Å². The van der Waals surface area contributed by atoms with E-state index in [1.807, 2.05) is 49.4 Å². The Labute approximate surface area is 152 Å². The van der Waals surface area contributed by atoms with E-state index >= 15 is 0 Å². The first kappa shape index (κ1) is 17.9. The number of nitrogens with one attached hydrogen (secondary N) is 1. The minimum atomic E-state index is -0.148. The van der Waals surface area contributed by atoms with Gasteiger partial charge >= 0.3 is 0 Å². The van der Waals surface area contributed by atoms with E-state index in [0.717, 1.165) is 16.7 Å². The summed E-state index contributed by atoms with van der Waals surface area (Å²) in [7, 11) is 3.25. The van der Waals surface area contributed by atoms with Crippen LogP contribution in [0.2, 0.25) is 0 Å². The molecule has 1 N–H and O–H groups in total. The minimum Gasteiger partial charge on any atom is -0.497 e. The van der Waals surface area contributed by atoms with Gasteiger partial charge in [0.05, 0.1) is 19.8 Å². The van der Waals surface area contributed by atoms with Crippen LogP contribution in [-0.4, -0.2) is 26.2 Å². The molecule has 5 heteroatoms. The number of hydrogen-bond acceptors (Lipinski definition) is 4. The van der Waals surface area contributed by atoms with E-state index in [1.165, 1.54) is 0 Å². The number of methoxy groups -OCH3 is 2. The Morgan fingerprint density at radius 1 is 1.12 bits per heavy atom. The van der Waals surface area contributed by atoms with Crippen molar-refractivity contribution in [2.24, 2.45) is 0 Å². The van der Waals surface area contributed by atoms with E-state index in [0.29, 0.717) is 29.1 Å². The maximum absolute atomic E-state index is 12.8. The number of furan rings is 1. The molecule has 0 spiro atoms. The highest BCUT2D eigenvalue weighted by atomic mass is 16.5. The summed E-state index contributed by atoms with van der Waals surface area (Å²) in [6, 6.07) is 13.3. The van der Waals surface area contributed by atoms with E-state index in [1.54, 1.807) is 21.1 Å². The summed E-state index contributed by atoms with van der Waals surface area (Å²) >= 11 is 0. The highest BCUT2D eigenvalue weighted by molar-refractivity contribution is 6.07. The summed E-state index contributed by atoms with van der Waals surface area (Å²) in [6.07, 6.45) is 0.709. The SMILES string of the molecule is COc1cccc(CC(C)NC(=O)c2c(C)oc3ccc(OC)cc23)c1. The summed E-state index contributed by atoms with van der Waals surface area (Å²) < 4.78 is 16.2. The molecular weight excluding hydrogens is 330 g/mol. The molecule has 2 aromatic carbocycles. The van der Waals surface area contributed by atoms with Crippen LogP contribution >= 0.6 is 0 Å². The predicted octanol–water partition coefficient (Wildman–Crippen LogP) is 4.12. The Balaban J connectivity index is 1.78. The van der Waals surface area contributed by atoms with Gasteiger partial charge in [-0.1, -0.05) is 12.1 Å². The lowest BCUT2D eigenvalue weighted by atomic mass is 10.1. The van der Waals surface area contributed by atoms with Crippen LogP contribution in [0.1, 0.15) is 28.6 Å². The average Bonchev–Trinajstić information content (AvgIpc) is 2.96. The van der Waals surface area contributed by atoms with E-state index in [2.05, 4.69) is 5.32 Å². The summed E-state index contributed by atoms with van der Waals surface area (Å²) in [5, 5.41) is 3.82. The lowest BCUT2D eigenvalue weighted by molar-refractivity contribution is 0.0940. The number of aryl methyl sites for hydroxylation is 1. The standard InChI is InChI=1S/C21H23NO4/c1-13(10-15-6-5-7-16(11-15)24-3)22-21(23)20-14(2)26-19-9-8-17(25-4)12-18(19)20/h5-9,11-13H,10H2,1-4H3,(H,22,23). The molecule has 5 nitrogen and oxygen atoms in total.